The summed E-state index contributed by atoms with van der Waals surface area (Å²) < 4.78 is 42.7. The first kappa shape index (κ1) is 25.7. The zero-order valence-electron chi connectivity index (χ0n) is 20.0. The van der Waals surface area contributed by atoms with Crippen LogP contribution < -0.4 is 21.1 Å². The van der Waals surface area contributed by atoms with Crippen LogP contribution in [0.15, 0.2) is 65.6 Å². The minimum Gasteiger partial charge on any atom is -0.354 e. The third kappa shape index (κ3) is 5.40. The summed E-state index contributed by atoms with van der Waals surface area (Å²) in [4.78, 5) is 38.1. The molecule has 4 rings (SSSR count). The quantitative estimate of drug-likeness (QED) is 0.419. The normalized spacial score (nSPS) is 17.5. The van der Waals surface area contributed by atoms with Gasteiger partial charge in [-0.15, -0.1) is 0 Å². The lowest BCUT2D eigenvalue weighted by atomic mass is 9.99. The minimum absolute atomic E-state index is 0.188. The van der Waals surface area contributed by atoms with Gasteiger partial charge in [0.1, 0.15) is 5.82 Å². The minimum atomic E-state index is -3.66. The lowest BCUT2D eigenvalue weighted by Crippen LogP contribution is -2.46. The van der Waals surface area contributed by atoms with E-state index in [0.29, 0.717) is 35.1 Å². The van der Waals surface area contributed by atoms with Crippen LogP contribution in [0.4, 0.5) is 30.2 Å². The average molecular weight is 512 g/mol. The Morgan fingerprint density at radius 3 is 2.54 bits per heavy atom. The number of carbonyl (C=O) groups excluding carboxylic acids is 2. The molecule has 0 spiro atoms. The fourth-order valence-electron chi connectivity index (χ4n) is 4.29. The highest BCUT2D eigenvalue weighted by Crippen LogP contribution is 2.39. The van der Waals surface area contributed by atoms with E-state index in [1.54, 1.807) is 43.6 Å². The lowest BCUT2D eigenvalue weighted by molar-refractivity contribution is -0.143. The number of carbonyl (C=O) groups is 2. The summed E-state index contributed by atoms with van der Waals surface area (Å²) in [7, 11) is 1.60. The molecule has 192 valence electrons. The van der Waals surface area contributed by atoms with Crippen molar-refractivity contribution >= 4 is 35.1 Å². The van der Waals surface area contributed by atoms with Crippen LogP contribution in [-0.2, 0) is 16.6 Å². The van der Waals surface area contributed by atoms with Crippen LogP contribution in [-0.4, -0.2) is 34.6 Å². The molecule has 2 heterocycles. The summed E-state index contributed by atoms with van der Waals surface area (Å²) in [6.07, 6.45) is 2.38. The van der Waals surface area contributed by atoms with Gasteiger partial charge in [-0.05, 0) is 42.0 Å². The summed E-state index contributed by atoms with van der Waals surface area (Å²) in [6.45, 7) is 0.459. The van der Waals surface area contributed by atoms with E-state index in [1.807, 2.05) is 0 Å². The van der Waals surface area contributed by atoms with E-state index in [1.165, 1.54) is 33.7 Å². The molecule has 11 heteroatoms. The SMILES string of the molecule is Cn1cc(Nc2ccc(N3C(=O)C[C@@H](NC(=O)C(C)(F)F)[C@@H]3c3cccc(F)c3)cc2C=N)ccc1=O. The monoisotopic (exact) mass is 511 g/mol. The first-order chi connectivity index (χ1) is 17.5. The molecule has 2 atom stereocenters. The van der Waals surface area contributed by atoms with E-state index < -0.39 is 35.6 Å². The molecular weight excluding hydrogens is 487 g/mol. The molecule has 0 bridgehead atoms. The number of alkyl halides is 2. The van der Waals surface area contributed by atoms with Crippen molar-refractivity contribution < 1.29 is 22.8 Å². The van der Waals surface area contributed by atoms with Crippen LogP contribution >= 0.6 is 0 Å². The number of hydrogen-bond acceptors (Lipinski definition) is 5. The molecule has 3 aromatic rings. The van der Waals surface area contributed by atoms with Gasteiger partial charge >= 0.3 is 5.92 Å². The maximum absolute atomic E-state index is 14.1. The van der Waals surface area contributed by atoms with Gasteiger partial charge in [-0.2, -0.15) is 8.78 Å². The first-order valence-corrected chi connectivity index (χ1v) is 11.3. The highest BCUT2D eigenvalue weighted by Gasteiger charge is 2.45. The molecule has 3 N–H and O–H groups in total. The van der Waals surface area contributed by atoms with Gasteiger partial charge in [0.2, 0.25) is 11.5 Å². The average Bonchev–Trinajstić information content (AvgIpc) is 3.16. The number of nitrogens with zero attached hydrogens (tertiary/aromatic N) is 2. The Bertz CT molecular complexity index is 1430. The van der Waals surface area contributed by atoms with Crippen LogP contribution in [0.1, 0.15) is 30.5 Å². The summed E-state index contributed by atoms with van der Waals surface area (Å²) in [5.74, 6) is -6.25. The molecule has 0 aliphatic carbocycles. The van der Waals surface area contributed by atoms with Gasteiger partial charge in [0.15, 0.2) is 0 Å². The molecule has 8 nitrogen and oxygen atoms in total. The van der Waals surface area contributed by atoms with E-state index in [9.17, 15) is 27.6 Å². The molecule has 2 aromatic carbocycles. The summed E-state index contributed by atoms with van der Waals surface area (Å²) in [6, 6.07) is 11.1. The zero-order chi connectivity index (χ0) is 26.9. The van der Waals surface area contributed by atoms with Crippen LogP contribution in [0.5, 0.6) is 0 Å². The number of hydrogen-bond donors (Lipinski definition) is 3. The van der Waals surface area contributed by atoms with E-state index in [-0.39, 0.29) is 12.0 Å². The Labute approximate surface area is 210 Å². The van der Waals surface area contributed by atoms with Crippen molar-refractivity contribution in [2.75, 3.05) is 10.2 Å². The van der Waals surface area contributed by atoms with Crippen molar-refractivity contribution in [2.45, 2.75) is 31.4 Å². The molecular formula is C26H24F3N5O3. The van der Waals surface area contributed by atoms with E-state index >= 15 is 0 Å². The molecule has 0 saturated carbocycles. The predicted octanol–water partition coefficient (Wildman–Crippen LogP) is 3.88. The molecule has 0 radical (unpaired) electrons. The standard InChI is InChI=1S/C26H24F3N5O3/c1-26(28,29)25(37)32-21-12-23(36)34(24(21)15-4-3-5-17(27)10-15)19-7-8-20(16(11-19)13-30)31-18-6-9-22(35)33(2)14-18/h3-11,13-14,21,24,30-31H,12H2,1-2H3,(H,32,37)/t21-,24+/m1/s1. The lowest BCUT2D eigenvalue weighted by Gasteiger charge is -2.30. The Kier molecular flexibility index (Phi) is 6.88. The fraction of sp³-hybridized carbons (Fsp3) is 0.231. The number of benzene rings is 2. The molecule has 0 unspecified atom stereocenters. The number of anilines is 3. The van der Waals surface area contributed by atoms with Crippen LogP contribution in [0.25, 0.3) is 0 Å². The van der Waals surface area contributed by atoms with Crippen molar-refractivity contribution in [3.63, 3.8) is 0 Å². The van der Waals surface area contributed by atoms with Crippen molar-refractivity contribution in [3.8, 4) is 0 Å². The molecule has 1 aromatic heterocycles. The van der Waals surface area contributed by atoms with Gasteiger partial charge in [-0.25, -0.2) is 4.39 Å². The first-order valence-electron chi connectivity index (χ1n) is 11.3. The number of halogens is 3. The number of pyridine rings is 1. The van der Waals surface area contributed by atoms with Gasteiger partial charge < -0.3 is 25.5 Å². The number of aromatic nitrogens is 1. The fourth-order valence-corrected chi connectivity index (χ4v) is 4.29. The van der Waals surface area contributed by atoms with E-state index in [4.69, 9.17) is 5.41 Å². The van der Waals surface area contributed by atoms with Crippen molar-refractivity contribution in [2.24, 2.45) is 7.05 Å². The second-order valence-corrected chi connectivity index (χ2v) is 8.84. The topological polar surface area (TPSA) is 107 Å². The smallest absolute Gasteiger partial charge is 0.321 e. The summed E-state index contributed by atoms with van der Waals surface area (Å²) in [5.41, 5.74) is 1.97. The highest BCUT2D eigenvalue weighted by molar-refractivity contribution is 6.00. The summed E-state index contributed by atoms with van der Waals surface area (Å²) >= 11 is 0. The zero-order valence-corrected chi connectivity index (χ0v) is 20.0. The van der Waals surface area contributed by atoms with Crippen molar-refractivity contribution in [1.29, 1.82) is 5.41 Å². The molecule has 1 aliphatic heterocycles. The highest BCUT2D eigenvalue weighted by atomic mass is 19.3. The van der Waals surface area contributed by atoms with Crippen LogP contribution in [0.2, 0.25) is 0 Å². The Morgan fingerprint density at radius 1 is 1.14 bits per heavy atom. The molecule has 1 fully saturated rings. The van der Waals surface area contributed by atoms with Crippen molar-refractivity contribution in [3.05, 3.63) is 88.1 Å². The number of rotatable bonds is 7. The number of amides is 2. The van der Waals surface area contributed by atoms with Crippen LogP contribution in [0, 0.1) is 11.2 Å². The van der Waals surface area contributed by atoms with Crippen LogP contribution in [0.3, 0.4) is 0 Å². The predicted molar refractivity (Wildman–Crippen MR) is 133 cm³/mol. The van der Waals surface area contributed by atoms with Gasteiger partial charge in [-0.1, -0.05) is 12.1 Å². The number of nitrogens with one attached hydrogen (secondary N) is 3. The third-order valence-corrected chi connectivity index (χ3v) is 6.06. The largest absolute Gasteiger partial charge is 0.354 e. The maximum Gasteiger partial charge on any atom is 0.321 e. The molecule has 2 amide bonds. The van der Waals surface area contributed by atoms with E-state index in [0.717, 1.165) is 6.21 Å². The van der Waals surface area contributed by atoms with Gasteiger partial charge in [-0.3, -0.25) is 14.4 Å². The molecule has 37 heavy (non-hydrogen) atoms. The Hall–Kier alpha value is -4.41. The third-order valence-electron chi connectivity index (χ3n) is 6.06. The van der Waals surface area contributed by atoms with Gasteiger partial charge in [0.25, 0.3) is 5.91 Å². The Morgan fingerprint density at radius 2 is 1.89 bits per heavy atom. The maximum atomic E-state index is 14.1. The number of aryl methyl sites for hydroxylation is 1. The second kappa shape index (κ2) is 9.92. The van der Waals surface area contributed by atoms with Gasteiger partial charge in [0.05, 0.1) is 17.8 Å². The van der Waals surface area contributed by atoms with Crippen molar-refractivity contribution in [1.82, 2.24) is 9.88 Å². The second-order valence-electron chi connectivity index (χ2n) is 8.84. The Balaban J connectivity index is 1.72. The van der Waals surface area contributed by atoms with E-state index in [2.05, 4.69) is 10.6 Å². The van der Waals surface area contributed by atoms with Gasteiger partial charge in [0, 0.05) is 55.8 Å². The molecule has 1 saturated heterocycles. The molecule has 1 aliphatic rings. The summed E-state index contributed by atoms with van der Waals surface area (Å²) in [5, 5.41) is 13.2.